The summed E-state index contributed by atoms with van der Waals surface area (Å²) in [6, 6.07) is 1.05. The van der Waals surface area contributed by atoms with Crippen molar-refractivity contribution < 1.29 is 23.1 Å². The third-order valence-corrected chi connectivity index (χ3v) is 4.50. The smallest absolute Gasteiger partial charge is 0.225 e. The van der Waals surface area contributed by atoms with E-state index in [1.807, 2.05) is 0 Å². The first kappa shape index (κ1) is 17.5. The van der Waals surface area contributed by atoms with Gasteiger partial charge in [0.1, 0.15) is 5.82 Å². The maximum absolute atomic E-state index is 13.7. The molecule has 2 aromatic rings. The molecule has 1 aliphatic carbocycles. The summed E-state index contributed by atoms with van der Waals surface area (Å²) >= 11 is 0. The van der Waals surface area contributed by atoms with Gasteiger partial charge in [0.05, 0.1) is 24.8 Å². The normalized spacial score (nSPS) is 20.8. The molecule has 3 rings (SSSR count). The summed E-state index contributed by atoms with van der Waals surface area (Å²) in [5.41, 5.74) is 0.143. The molecule has 1 fully saturated rings. The highest BCUT2D eigenvalue weighted by Crippen LogP contribution is 2.38. The topological polar surface area (TPSA) is 67.2 Å². The van der Waals surface area contributed by atoms with E-state index < -0.39 is 47.5 Å². The Balaban J connectivity index is 1.76. The zero-order chi connectivity index (χ0) is 18.1. The zero-order valence-electron chi connectivity index (χ0n) is 13.5. The molecular formula is C17H18F3N3O2. The van der Waals surface area contributed by atoms with E-state index in [0.717, 1.165) is 11.6 Å². The maximum Gasteiger partial charge on any atom is 0.225 e. The lowest BCUT2D eigenvalue weighted by Crippen LogP contribution is -2.41. The Morgan fingerprint density at radius 1 is 1.36 bits per heavy atom. The highest BCUT2D eigenvalue weighted by atomic mass is 19.2. The van der Waals surface area contributed by atoms with Gasteiger partial charge in [-0.3, -0.25) is 9.48 Å². The van der Waals surface area contributed by atoms with E-state index in [0.29, 0.717) is 18.9 Å². The van der Waals surface area contributed by atoms with Gasteiger partial charge in [-0.15, -0.1) is 0 Å². The number of hydrogen-bond donors (Lipinski definition) is 2. The molecule has 8 heteroatoms. The Kier molecular flexibility index (Phi) is 4.80. The fraction of sp³-hybridized carbons (Fsp3) is 0.412. The van der Waals surface area contributed by atoms with Gasteiger partial charge >= 0.3 is 0 Å². The lowest BCUT2D eigenvalue weighted by atomic mass is 9.75. The van der Waals surface area contributed by atoms with Gasteiger partial charge in [0.15, 0.2) is 11.6 Å². The van der Waals surface area contributed by atoms with E-state index in [9.17, 15) is 23.1 Å². The van der Waals surface area contributed by atoms with Crippen LogP contribution in [-0.2, 0) is 18.3 Å². The number of amides is 1. The molecule has 1 aliphatic rings. The molecule has 1 aromatic carbocycles. The number of nitrogens with zero attached hydrogens (tertiary/aromatic N) is 2. The van der Waals surface area contributed by atoms with Crippen molar-refractivity contribution in [2.24, 2.45) is 13.0 Å². The fourth-order valence-electron chi connectivity index (χ4n) is 3.09. The number of aliphatic hydroxyl groups excluding tert-OH is 1. The van der Waals surface area contributed by atoms with E-state index in [1.165, 1.54) is 0 Å². The summed E-state index contributed by atoms with van der Waals surface area (Å²) in [4.78, 5) is 12.3. The Labute approximate surface area is 142 Å². The second-order valence-corrected chi connectivity index (χ2v) is 6.38. The average molecular weight is 353 g/mol. The van der Waals surface area contributed by atoms with Crippen LogP contribution in [0.5, 0.6) is 0 Å². The molecule has 1 saturated carbocycles. The first-order valence-electron chi connectivity index (χ1n) is 7.93. The van der Waals surface area contributed by atoms with Gasteiger partial charge in [-0.05, 0) is 30.9 Å². The summed E-state index contributed by atoms with van der Waals surface area (Å²) in [5, 5.41) is 16.3. The third-order valence-electron chi connectivity index (χ3n) is 4.50. The van der Waals surface area contributed by atoms with E-state index in [4.69, 9.17) is 0 Å². The van der Waals surface area contributed by atoms with E-state index in [1.54, 1.807) is 24.1 Å². The van der Waals surface area contributed by atoms with Gasteiger partial charge in [-0.1, -0.05) is 0 Å². The second-order valence-electron chi connectivity index (χ2n) is 6.38. The number of carbonyl (C=O) groups is 1. The quantitative estimate of drug-likeness (QED) is 0.808. The van der Waals surface area contributed by atoms with Gasteiger partial charge < -0.3 is 10.4 Å². The molecule has 1 heterocycles. The number of carbonyl (C=O) groups excluding carboxylic acids is 1. The van der Waals surface area contributed by atoms with Gasteiger partial charge in [0, 0.05) is 24.4 Å². The van der Waals surface area contributed by atoms with Crippen LogP contribution >= 0.6 is 0 Å². The number of aromatic nitrogens is 2. The predicted molar refractivity (Wildman–Crippen MR) is 82.8 cm³/mol. The number of halogens is 3. The SMILES string of the molecule is Cn1cc(C(NC(=O)Cc2c(F)ccc(F)c2F)C2CC(O)C2)cn1. The molecule has 0 spiro atoms. The standard InChI is InChI=1S/C17H18F3N3O2/c1-23-8-10(7-21-23)17(9-4-11(24)5-9)22-15(25)6-12-13(18)2-3-14(19)16(12)20/h2-3,7-9,11,17,24H,4-6H2,1H3,(H,22,25). The van der Waals surface area contributed by atoms with Crippen LogP contribution in [0, 0.1) is 23.4 Å². The zero-order valence-corrected chi connectivity index (χ0v) is 13.5. The predicted octanol–water partition coefficient (Wildman–Crippen LogP) is 2.01. The first-order valence-corrected chi connectivity index (χ1v) is 7.93. The van der Waals surface area contributed by atoms with Gasteiger partial charge in [-0.25, -0.2) is 13.2 Å². The molecule has 0 bridgehead atoms. The van der Waals surface area contributed by atoms with Crippen LogP contribution in [0.25, 0.3) is 0 Å². The van der Waals surface area contributed by atoms with Crippen molar-refractivity contribution in [1.82, 2.24) is 15.1 Å². The number of rotatable bonds is 5. The summed E-state index contributed by atoms with van der Waals surface area (Å²) < 4.78 is 42.3. The molecule has 0 saturated heterocycles. The minimum atomic E-state index is -1.35. The summed E-state index contributed by atoms with van der Waals surface area (Å²) in [6.07, 6.45) is 3.34. The molecule has 134 valence electrons. The van der Waals surface area contributed by atoms with E-state index in [-0.39, 0.29) is 5.92 Å². The van der Waals surface area contributed by atoms with Crippen molar-refractivity contribution in [2.75, 3.05) is 0 Å². The highest BCUT2D eigenvalue weighted by Gasteiger charge is 2.36. The highest BCUT2D eigenvalue weighted by molar-refractivity contribution is 5.79. The van der Waals surface area contributed by atoms with E-state index >= 15 is 0 Å². The number of aliphatic hydroxyl groups is 1. The number of benzene rings is 1. The molecule has 1 unspecified atom stereocenters. The average Bonchev–Trinajstić information content (AvgIpc) is 2.96. The maximum atomic E-state index is 13.7. The molecule has 0 radical (unpaired) electrons. The molecule has 1 atom stereocenters. The van der Waals surface area contributed by atoms with Gasteiger partial charge in [-0.2, -0.15) is 5.10 Å². The molecule has 0 aliphatic heterocycles. The monoisotopic (exact) mass is 353 g/mol. The van der Waals surface area contributed by atoms with Crippen molar-refractivity contribution in [2.45, 2.75) is 31.4 Å². The van der Waals surface area contributed by atoms with Crippen LogP contribution in [0.3, 0.4) is 0 Å². The fourth-order valence-corrected chi connectivity index (χ4v) is 3.09. The molecular weight excluding hydrogens is 335 g/mol. The molecule has 1 amide bonds. The first-order chi connectivity index (χ1) is 11.8. The summed E-state index contributed by atoms with van der Waals surface area (Å²) in [6.45, 7) is 0. The minimum Gasteiger partial charge on any atom is -0.393 e. The van der Waals surface area contributed by atoms with Crippen LogP contribution in [-0.4, -0.2) is 26.9 Å². The summed E-state index contributed by atoms with van der Waals surface area (Å²) in [7, 11) is 1.73. The Bertz CT molecular complexity index is 787. The van der Waals surface area contributed by atoms with Crippen molar-refractivity contribution >= 4 is 5.91 Å². The van der Waals surface area contributed by atoms with Crippen LogP contribution in [0.15, 0.2) is 24.5 Å². The molecule has 1 aromatic heterocycles. The Hall–Kier alpha value is -2.35. The third kappa shape index (κ3) is 3.68. The van der Waals surface area contributed by atoms with Crippen molar-refractivity contribution in [3.8, 4) is 0 Å². The number of nitrogens with one attached hydrogen (secondary N) is 1. The van der Waals surface area contributed by atoms with Crippen molar-refractivity contribution in [3.63, 3.8) is 0 Å². The lowest BCUT2D eigenvalue weighted by molar-refractivity contribution is -0.122. The molecule has 5 nitrogen and oxygen atoms in total. The van der Waals surface area contributed by atoms with Crippen LogP contribution in [0.1, 0.15) is 30.0 Å². The Morgan fingerprint density at radius 3 is 2.64 bits per heavy atom. The van der Waals surface area contributed by atoms with Crippen LogP contribution in [0.2, 0.25) is 0 Å². The van der Waals surface area contributed by atoms with Gasteiger partial charge in [0.2, 0.25) is 5.91 Å². The molecule has 25 heavy (non-hydrogen) atoms. The van der Waals surface area contributed by atoms with Crippen LogP contribution < -0.4 is 5.32 Å². The van der Waals surface area contributed by atoms with Crippen LogP contribution in [0.4, 0.5) is 13.2 Å². The van der Waals surface area contributed by atoms with Crippen molar-refractivity contribution in [1.29, 1.82) is 0 Å². The second kappa shape index (κ2) is 6.87. The lowest BCUT2D eigenvalue weighted by Gasteiger charge is -2.37. The summed E-state index contributed by atoms with van der Waals surface area (Å²) in [5.74, 6) is -4.14. The number of aryl methyl sites for hydroxylation is 1. The number of hydrogen-bond acceptors (Lipinski definition) is 3. The van der Waals surface area contributed by atoms with Crippen molar-refractivity contribution in [3.05, 3.63) is 53.1 Å². The largest absolute Gasteiger partial charge is 0.393 e. The minimum absolute atomic E-state index is 0.00496. The Morgan fingerprint density at radius 2 is 2.04 bits per heavy atom. The van der Waals surface area contributed by atoms with Gasteiger partial charge in [0.25, 0.3) is 0 Å². The molecule has 2 N–H and O–H groups in total. The van der Waals surface area contributed by atoms with E-state index in [2.05, 4.69) is 10.4 Å².